The molecule has 0 spiro atoms. The fraction of sp³-hybridized carbons (Fsp3) is 0.583. The number of amides is 1. The molecule has 1 atom stereocenters. The van der Waals surface area contributed by atoms with Gasteiger partial charge >= 0.3 is 0 Å². The van der Waals surface area contributed by atoms with Crippen LogP contribution >= 0.6 is 27.3 Å². The number of halogens is 1. The zero-order valence-electron chi connectivity index (χ0n) is 10.3. The monoisotopic (exact) mass is 332 g/mol. The Kier molecular flexibility index (Phi) is 5.17. The van der Waals surface area contributed by atoms with Gasteiger partial charge in [-0.2, -0.15) is 0 Å². The number of ether oxygens (including phenoxy) is 1. The fourth-order valence-electron chi connectivity index (χ4n) is 1.91. The molecule has 1 N–H and O–H groups in total. The molecule has 0 aliphatic carbocycles. The summed E-state index contributed by atoms with van der Waals surface area (Å²) >= 11 is 5.11. The van der Waals surface area contributed by atoms with Crippen LogP contribution in [-0.4, -0.2) is 43.2 Å². The van der Waals surface area contributed by atoms with Crippen LogP contribution in [-0.2, 0) is 16.1 Å². The lowest BCUT2D eigenvalue weighted by Crippen LogP contribution is -2.52. The van der Waals surface area contributed by atoms with Crippen molar-refractivity contribution in [2.24, 2.45) is 0 Å². The molecule has 1 aliphatic heterocycles. The number of nitrogens with one attached hydrogen (secondary N) is 1. The summed E-state index contributed by atoms with van der Waals surface area (Å²) < 4.78 is 6.43. The molecule has 1 fully saturated rings. The van der Waals surface area contributed by atoms with Crippen molar-refractivity contribution in [2.45, 2.75) is 19.5 Å². The van der Waals surface area contributed by atoms with Crippen LogP contribution in [0.5, 0.6) is 0 Å². The number of hydrogen-bond acceptors (Lipinski definition) is 4. The highest BCUT2D eigenvalue weighted by molar-refractivity contribution is 9.11. The van der Waals surface area contributed by atoms with Gasteiger partial charge in [0.05, 0.1) is 23.5 Å². The molecule has 0 bridgehead atoms. The summed E-state index contributed by atoms with van der Waals surface area (Å²) in [4.78, 5) is 15.4. The highest BCUT2D eigenvalue weighted by Gasteiger charge is 2.25. The minimum absolute atomic E-state index is 0.127. The quantitative estimate of drug-likeness (QED) is 0.914. The van der Waals surface area contributed by atoms with E-state index in [0.717, 1.165) is 10.3 Å². The summed E-state index contributed by atoms with van der Waals surface area (Å²) in [6, 6.07) is 3.87. The molecule has 6 heteroatoms. The van der Waals surface area contributed by atoms with Gasteiger partial charge in [-0.05, 0) is 35.0 Å². The highest BCUT2D eigenvalue weighted by atomic mass is 79.9. The maximum Gasteiger partial charge on any atom is 0.242 e. The minimum atomic E-state index is -0.192. The van der Waals surface area contributed by atoms with E-state index in [2.05, 4.69) is 27.3 Å². The van der Waals surface area contributed by atoms with Gasteiger partial charge in [0.15, 0.2) is 0 Å². The van der Waals surface area contributed by atoms with Crippen molar-refractivity contribution >= 4 is 33.2 Å². The maximum atomic E-state index is 12.3. The number of morpholine rings is 1. The van der Waals surface area contributed by atoms with Crippen molar-refractivity contribution in [3.8, 4) is 0 Å². The molecular weight excluding hydrogens is 316 g/mol. The number of likely N-dealkylation sites (N-methyl/N-ethyl adjacent to an activating group) is 1. The Morgan fingerprint density at radius 2 is 2.50 bits per heavy atom. The summed E-state index contributed by atoms with van der Waals surface area (Å²) in [6.07, 6.45) is 0. The van der Waals surface area contributed by atoms with Gasteiger partial charge < -0.3 is 15.0 Å². The Morgan fingerprint density at radius 1 is 1.67 bits per heavy atom. The fourth-order valence-corrected chi connectivity index (χ4v) is 3.41. The molecule has 0 saturated carbocycles. The van der Waals surface area contributed by atoms with Crippen LogP contribution in [0.4, 0.5) is 0 Å². The van der Waals surface area contributed by atoms with Crippen molar-refractivity contribution in [2.75, 3.05) is 26.3 Å². The van der Waals surface area contributed by atoms with Crippen molar-refractivity contribution in [3.05, 3.63) is 20.8 Å². The van der Waals surface area contributed by atoms with Gasteiger partial charge in [-0.15, -0.1) is 11.3 Å². The topological polar surface area (TPSA) is 41.6 Å². The van der Waals surface area contributed by atoms with Gasteiger partial charge in [0, 0.05) is 18.0 Å². The SMILES string of the molecule is CCN(Cc1ccc(Br)s1)C(=O)[C@H]1COCCN1. The third-order valence-electron chi connectivity index (χ3n) is 2.89. The number of thiophene rings is 1. The van der Waals surface area contributed by atoms with E-state index in [0.29, 0.717) is 26.3 Å². The first kappa shape index (κ1) is 14.0. The average Bonchev–Trinajstić information content (AvgIpc) is 2.82. The van der Waals surface area contributed by atoms with E-state index in [4.69, 9.17) is 4.74 Å². The van der Waals surface area contributed by atoms with Gasteiger partial charge in [0.25, 0.3) is 0 Å². The first-order valence-electron chi connectivity index (χ1n) is 6.05. The molecule has 1 aromatic heterocycles. The Balaban J connectivity index is 1.96. The zero-order valence-corrected chi connectivity index (χ0v) is 12.7. The second-order valence-electron chi connectivity index (χ2n) is 4.14. The van der Waals surface area contributed by atoms with E-state index >= 15 is 0 Å². The lowest BCUT2D eigenvalue weighted by atomic mass is 10.2. The van der Waals surface area contributed by atoms with E-state index in [1.165, 1.54) is 4.88 Å². The van der Waals surface area contributed by atoms with Gasteiger partial charge in [0.2, 0.25) is 5.91 Å². The van der Waals surface area contributed by atoms with Crippen LogP contribution < -0.4 is 5.32 Å². The molecule has 2 rings (SSSR count). The van der Waals surface area contributed by atoms with E-state index in [1.54, 1.807) is 11.3 Å². The average molecular weight is 333 g/mol. The second kappa shape index (κ2) is 6.65. The summed E-state index contributed by atoms with van der Waals surface area (Å²) in [5, 5.41) is 3.20. The van der Waals surface area contributed by atoms with Gasteiger partial charge in [-0.3, -0.25) is 4.79 Å². The first-order chi connectivity index (χ1) is 8.70. The molecule has 4 nitrogen and oxygen atoms in total. The van der Waals surface area contributed by atoms with Crippen LogP contribution in [0, 0.1) is 0 Å². The molecule has 2 heterocycles. The second-order valence-corrected chi connectivity index (χ2v) is 6.69. The third-order valence-corrected chi connectivity index (χ3v) is 4.50. The summed E-state index contributed by atoms with van der Waals surface area (Å²) in [7, 11) is 0. The Labute approximate surface area is 119 Å². The molecule has 0 unspecified atom stereocenters. The maximum absolute atomic E-state index is 12.3. The molecule has 0 aromatic carbocycles. The van der Waals surface area contributed by atoms with E-state index in [1.807, 2.05) is 17.9 Å². The number of rotatable bonds is 4. The molecule has 1 saturated heterocycles. The zero-order chi connectivity index (χ0) is 13.0. The molecule has 1 aliphatic rings. The number of hydrogen-bond donors (Lipinski definition) is 1. The minimum Gasteiger partial charge on any atom is -0.378 e. The summed E-state index contributed by atoms with van der Waals surface area (Å²) in [6.45, 7) is 5.30. The largest absolute Gasteiger partial charge is 0.378 e. The molecule has 1 aromatic rings. The predicted octanol–water partition coefficient (Wildman–Crippen LogP) is 1.85. The van der Waals surface area contributed by atoms with Crippen molar-refractivity contribution in [1.29, 1.82) is 0 Å². The third kappa shape index (κ3) is 3.54. The van der Waals surface area contributed by atoms with Crippen molar-refractivity contribution < 1.29 is 9.53 Å². The Bertz CT molecular complexity index is 405. The smallest absolute Gasteiger partial charge is 0.242 e. The van der Waals surface area contributed by atoms with Crippen LogP contribution in [0.2, 0.25) is 0 Å². The molecular formula is C12H17BrN2O2S. The number of carbonyl (C=O) groups excluding carboxylic acids is 1. The standard InChI is InChI=1S/C12H17BrN2O2S/c1-2-15(7-9-3-4-11(13)18-9)12(16)10-8-17-6-5-14-10/h3-4,10,14H,2,5-8H2,1H3/t10-/m1/s1. The van der Waals surface area contributed by atoms with E-state index < -0.39 is 0 Å². The predicted molar refractivity (Wildman–Crippen MR) is 75.7 cm³/mol. The number of carbonyl (C=O) groups is 1. The van der Waals surface area contributed by atoms with Gasteiger partial charge in [-0.25, -0.2) is 0 Å². The van der Waals surface area contributed by atoms with Crippen molar-refractivity contribution in [1.82, 2.24) is 10.2 Å². The molecule has 0 radical (unpaired) electrons. The van der Waals surface area contributed by atoms with Gasteiger partial charge in [0.1, 0.15) is 6.04 Å². The lowest BCUT2D eigenvalue weighted by molar-refractivity contribution is -0.136. The van der Waals surface area contributed by atoms with Crippen LogP contribution in [0.3, 0.4) is 0 Å². The molecule has 1 amide bonds. The van der Waals surface area contributed by atoms with Crippen molar-refractivity contribution in [3.63, 3.8) is 0 Å². The van der Waals surface area contributed by atoms with Crippen LogP contribution in [0.25, 0.3) is 0 Å². The lowest BCUT2D eigenvalue weighted by Gasteiger charge is -2.29. The Hall–Kier alpha value is -0.430. The summed E-state index contributed by atoms with van der Waals surface area (Å²) in [5.41, 5.74) is 0. The van der Waals surface area contributed by atoms with E-state index in [-0.39, 0.29) is 11.9 Å². The number of nitrogens with zero attached hydrogens (tertiary/aromatic N) is 1. The first-order valence-corrected chi connectivity index (χ1v) is 7.65. The van der Waals surface area contributed by atoms with Gasteiger partial charge in [-0.1, -0.05) is 0 Å². The van der Waals surface area contributed by atoms with Crippen LogP contribution in [0.15, 0.2) is 15.9 Å². The van der Waals surface area contributed by atoms with E-state index in [9.17, 15) is 4.79 Å². The Morgan fingerprint density at radius 3 is 3.06 bits per heavy atom. The normalized spacial score (nSPS) is 19.8. The van der Waals surface area contributed by atoms with Crippen LogP contribution in [0.1, 0.15) is 11.8 Å². The highest BCUT2D eigenvalue weighted by Crippen LogP contribution is 2.23. The molecule has 100 valence electrons. The summed E-state index contributed by atoms with van der Waals surface area (Å²) in [5.74, 6) is 0.127. The molecule has 18 heavy (non-hydrogen) atoms.